The Bertz CT molecular complexity index is 781. The zero-order valence-electron chi connectivity index (χ0n) is 16.1. The van der Waals surface area contributed by atoms with E-state index in [4.69, 9.17) is 9.47 Å². The van der Waals surface area contributed by atoms with Gasteiger partial charge in [-0.2, -0.15) is 0 Å². The van der Waals surface area contributed by atoms with Crippen LogP contribution in [-0.2, 0) is 19.7 Å². The van der Waals surface area contributed by atoms with E-state index in [1.807, 2.05) is 19.9 Å². The standard InChI is InChI=1S/C21H28O5/c1-10(2)11-9-12-13(15(23)14(11)22)21-8-6-7-20(3,4)18(21)17(16(12)25-5)26-19(21)24/h9-10,16-18,22-23H,6-8H2,1-5H3/t16-,17+,18-,21?/m0/s1. The van der Waals surface area contributed by atoms with E-state index in [1.54, 1.807) is 7.11 Å². The van der Waals surface area contributed by atoms with Crippen LogP contribution in [0.15, 0.2) is 6.07 Å². The van der Waals surface area contributed by atoms with Crippen molar-refractivity contribution in [3.8, 4) is 11.5 Å². The summed E-state index contributed by atoms with van der Waals surface area (Å²) >= 11 is 0. The number of rotatable bonds is 2. The molecular formula is C21H28O5. The molecule has 0 radical (unpaired) electrons. The Kier molecular flexibility index (Phi) is 3.65. The fourth-order valence-electron chi connectivity index (χ4n) is 5.94. The first-order chi connectivity index (χ1) is 12.2. The van der Waals surface area contributed by atoms with Gasteiger partial charge in [0.25, 0.3) is 0 Å². The molecule has 1 heterocycles. The van der Waals surface area contributed by atoms with Crippen molar-refractivity contribution >= 4 is 5.97 Å². The molecule has 1 unspecified atom stereocenters. The van der Waals surface area contributed by atoms with Gasteiger partial charge in [0.05, 0.1) is 0 Å². The number of aromatic hydroxyl groups is 2. The molecule has 4 rings (SSSR count). The van der Waals surface area contributed by atoms with Crippen LogP contribution in [0, 0.1) is 11.3 Å². The lowest BCUT2D eigenvalue weighted by Gasteiger charge is -2.52. The maximum atomic E-state index is 13.1. The number of carbonyl (C=O) groups excluding carboxylic acids is 1. The van der Waals surface area contributed by atoms with Crippen LogP contribution in [-0.4, -0.2) is 29.4 Å². The highest BCUT2D eigenvalue weighted by atomic mass is 16.6. The minimum absolute atomic E-state index is 0.0380. The summed E-state index contributed by atoms with van der Waals surface area (Å²) in [7, 11) is 1.61. The van der Waals surface area contributed by atoms with Crippen molar-refractivity contribution in [1.29, 1.82) is 0 Å². The van der Waals surface area contributed by atoms with E-state index in [-0.39, 0.29) is 40.8 Å². The van der Waals surface area contributed by atoms with Crippen molar-refractivity contribution in [3.05, 3.63) is 22.8 Å². The summed E-state index contributed by atoms with van der Waals surface area (Å²) in [5, 5.41) is 21.7. The maximum Gasteiger partial charge on any atom is 0.317 e. The van der Waals surface area contributed by atoms with Gasteiger partial charge in [-0.05, 0) is 35.8 Å². The molecule has 4 atom stereocenters. The van der Waals surface area contributed by atoms with Crippen LogP contribution >= 0.6 is 0 Å². The fraction of sp³-hybridized carbons (Fsp3) is 0.667. The van der Waals surface area contributed by atoms with E-state index < -0.39 is 11.5 Å². The average molecular weight is 360 g/mol. The van der Waals surface area contributed by atoms with Gasteiger partial charge in [-0.25, -0.2) is 0 Å². The number of methoxy groups -OCH3 is 1. The number of hydrogen-bond acceptors (Lipinski definition) is 5. The number of esters is 1. The lowest BCUT2D eigenvalue weighted by Crippen LogP contribution is -2.54. The minimum Gasteiger partial charge on any atom is -0.504 e. The number of fused-ring (bicyclic) bond motifs is 1. The Labute approximate surface area is 154 Å². The predicted octanol–water partition coefficient (Wildman–Crippen LogP) is 3.91. The molecule has 3 aliphatic rings. The maximum absolute atomic E-state index is 13.1. The lowest BCUT2D eigenvalue weighted by molar-refractivity contribution is -0.149. The number of phenols is 2. The molecule has 1 aliphatic heterocycles. The molecule has 2 N–H and O–H groups in total. The largest absolute Gasteiger partial charge is 0.504 e. The zero-order chi connectivity index (χ0) is 19.0. The van der Waals surface area contributed by atoms with E-state index in [1.165, 1.54) is 0 Å². The molecule has 0 amide bonds. The van der Waals surface area contributed by atoms with Crippen LogP contribution in [0.25, 0.3) is 0 Å². The summed E-state index contributed by atoms with van der Waals surface area (Å²) < 4.78 is 11.7. The molecule has 2 bridgehead atoms. The van der Waals surface area contributed by atoms with Crippen LogP contribution < -0.4 is 0 Å². The molecule has 1 aromatic rings. The second-order valence-electron chi connectivity index (χ2n) is 9.10. The normalized spacial score (nSPS) is 34.4. The van der Waals surface area contributed by atoms with Crippen molar-refractivity contribution in [2.75, 3.05) is 7.11 Å². The first-order valence-corrected chi connectivity index (χ1v) is 9.50. The Morgan fingerprint density at radius 2 is 1.92 bits per heavy atom. The molecule has 2 aliphatic carbocycles. The molecule has 142 valence electrons. The van der Waals surface area contributed by atoms with E-state index in [2.05, 4.69) is 13.8 Å². The molecular weight excluding hydrogens is 332 g/mol. The minimum atomic E-state index is -0.895. The highest BCUT2D eigenvalue weighted by Crippen LogP contribution is 2.67. The lowest BCUT2D eigenvalue weighted by atomic mass is 9.49. The van der Waals surface area contributed by atoms with Gasteiger partial charge in [0.2, 0.25) is 0 Å². The summed E-state index contributed by atoms with van der Waals surface area (Å²) in [5.41, 5.74) is 0.968. The zero-order valence-corrected chi connectivity index (χ0v) is 16.1. The number of ether oxygens (including phenoxy) is 2. The van der Waals surface area contributed by atoms with Crippen molar-refractivity contribution in [3.63, 3.8) is 0 Å². The third-order valence-corrected chi connectivity index (χ3v) is 6.96. The van der Waals surface area contributed by atoms with Crippen LogP contribution in [0.5, 0.6) is 11.5 Å². The number of benzene rings is 1. The van der Waals surface area contributed by atoms with Crippen molar-refractivity contribution in [1.82, 2.24) is 0 Å². The Morgan fingerprint density at radius 3 is 2.54 bits per heavy atom. The van der Waals surface area contributed by atoms with E-state index >= 15 is 0 Å². The van der Waals surface area contributed by atoms with Gasteiger partial charge in [0.1, 0.15) is 17.6 Å². The smallest absolute Gasteiger partial charge is 0.317 e. The van der Waals surface area contributed by atoms with E-state index in [0.29, 0.717) is 17.5 Å². The van der Waals surface area contributed by atoms with E-state index in [9.17, 15) is 15.0 Å². The molecule has 0 aromatic heterocycles. The monoisotopic (exact) mass is 360 g/mol. The van der Waals surface area contributed by atoms with Crippen molar-refractivity contribution < 1.29 is 24.5 Å². The second kappa shape index (κ2) is 5.38. The molecule has 1 saturated carbocycles. The Balaban J connectivity index is 2.08. The number of hydrogen-bond donors (Lipinski definition) is 2. The highest BCUT2D eigenvalue weighted by molar-refractivity contribution is 5.90. The topological polar surface area (TPSA) is 76.0 Å². The molecule has 26 heavy (non-hydrogen) atoms. The average Bonchev–Trinajstić information content (AvgIpc) is 2.81. The number of carbonyl (C=O) groups is 1. The summed E-state index contributed by atoms with van der Waals surface area (Å²) in [6.07, 6.45) is 1.72. The van der Waals surface area contributed by atoms with Gasteiger partial charge in [0.15, 0.2) is 11.5 Å². The Hall–Kier alpha value is -1.75. The molecule has 5 nitrogen and oxygen atoms in total. The number of phenolic OH excluding ortho intramolecular Hbond substituents is 2. The Morgan fingerprint density at radius 1 is 1.23 bits per heavy atom. The van der Waals surface area contributed by atoms with E-state index in [0.717, 1.165) is 18.4 Å². The molecule has 0 spiro atoms. The quantitative estimate of drug-likeness (QED) is 0.618. The highest BCUT2D eigenvalue weighted by Gasteiger charge is 2.70. The van der Waals surface area contributed by atoms with Gasteiger partial charge in [-0.3, -0.25) is 4.79 Å². The molecule has 1 aromatic carbocycles. The van der Waals surface area contributed by atoms with Crippen molar-refractivity contribution in [2.45, 2.75) is 70.5 Å². The fourth-order valence-corrected chi connectivity index (χ4v) is 5.94. The van der Waals surface area contributed by atoms with Gasteiger partial charge >= 0.3 is 5.97 Å². The van der Waals surface area contributed by atoms with Crippen LogP contribution in [0.2, 0.25) is 0 Å². The molecule has 5 heteroatoms. The third kappa shape index (κ3) is 1.92. The molecule has 2 fully saturated rings. The third-order valence-electron chi connectivity index (χ3n) is 6.96. The summed E-state index contributed by atoms with van der Waals surface area (Å²) in [6, 6.07) is 1.90. The first-order valence-electron chi connectivity index (χ1n) is 9.50. The second-order valence-corrected chi connectivity index (χ2v) is 9.10. The summed E-state index contributed by atoms with van der Waals surface area (Å²) in [5.74, 6) is -0.621. The van der Waals surface area contributed by atoms with Gasteiger partial charge in [-0.15, -0.1) is 0 Å². The van der Waals surface area contributed by atoms with Gasteiger partial charge in [0, 0.05) is 24.2 Å². The van der Waals surface area contributed by atoms with Crippen LogP contribution in [0.4, 0.5) is 0 Å². The molecule has 1 saturated heterocycles. The van der Waals surface area contributed by atoms with Crippen LogP contribution in [0.1, 0.15) is 75.7 Å². The van der Waals surface area contributed by atoms with Gasteiger partial charge in [-0.1, -0.05) is 34.1 Å². The summed E-state index contributed by atoms with van der Waals surface area (Å²) in [6.45, 7) is 8.26. The van der Waals surface area contributed by atoms with Gasteiger partial charge < -0.3 is 19.7 Å². The SMILES string of the molecule is CO[C@H]1c2cc(C(C)C)c(O)c(O)c2C23CCCC(C)(C)[C@@H]2[C@@H]1OC3=O. The predicted molar refractivity (Wildman–Crippen MR) is 96.3 cm³/mol. The summed E-state index contributed by atoms with van der Waals surface area (Å²) in [4.78, 5) is 13.1. The first kappa shape index (κ1) is 17.7. The van der Waals surface area contributed by atoms with Crippen molar-refractivity contribution in [2.24, 2.45) is 11.3 Å². The van der Waals surface area contributed by atoms with Crippen LogP contribution in [0.3, 0.4) is 0 Å².